The van der Waals surface area contributed by atoms with Gasteiger partial charge in [-0.25, -0.2) is 19.6 Å². The third-order valence-electron chi connectivity index (χ3n) is 9.61. The van der Waals surface area contributed by atoms with Crippen molar-refractivity contribution in [2.45, 2.75) is 39.1 Å². The lowest BCUT2D eigenvalue weighted by Gasteiger charge is -2.19. The number of alkyl halides is 3. The van der Waals surface area contributed by atoms with Crippen LogP contribution in [0.15, 0.2) is 121 Å². The van der Waals surface area contributed by atoms with Gasteiger partial charge in [0, 0.05) is 68.5 Å². The lowest BCUT2D eigenvalue weighted by atomic mass is 10.1. The highest BCUT2D eigenvalue weighted by atomic mass is 32.1. The van der Waals surface area contributed by atoms with Gasteiger partial charge in [0.2, 0.25) is 10.3 Å². The topological polar surface area (TPSA) is 285 Å². The Morgan fingerprint density at radius 2 is 1.25 bits per heavy atom. The number of rotatable bonds is 10. The van der Waals surface area contributed by atoms with Crippen LogP contribution in [0.25, 0.3) is 33.7 Å². The number of aliphatic imine (C=N–C) groups is 1. The van der Waals surface area contributed by atoms with Gasteiger partial charge < -0.3 is 41.1 Å². The molecule has 72 heavy (non-hydrogen) atoms. The van der Waals surface area contributed by atoms with E-state index < -0.39 is 23.8 Å². The van der Waals surface area contributed by atoms with E-state index in [2.05, 4.69) is 82.1 Å². The number of fused-ring (bicyclic) bond motifs is 2. The molecule has 0 unspecified atom stereocenters. The summed E-state index contributed by atoms with van der Waals surface area (Å²) in [7, 11) is 0. The van der Waals surface area contributed by atoms with Gasteiger partial charge in [0.25, 0.3) is 11.8 Å². The zero-order chi connectivity index (χ0) is 51.0. The number of amides is 2. The first-order valence-corrected chi connectivity index (χ1v) is 22.6. The summed E-state index contributed by atoms with van der Waals surface area (Å²) in [5.74, 6) is -2.18. The van der Waals surface area contributed by atoms with E-state index in [0.29, 0.717) is 50.2 Å². The Morgan fingerprint density at radius 3 is 1.76 bits per heavy atom. The average molecular weight is 1020 g/mol. The first-order valence-electron chi connectivity index (χ1n) is 21.1. The van der Waals surface area contributed by atoms with Crippen LogP contribution in [0.2, 0.25) is 0 Å². The van der Waals surface area contributed by atoms with Gasteiger partial charge in [-0.1, -0.05) is 30.3 Å². The van der Waals surface area contributed by atoms with E-state index in [1.54, 1.807) is 24.4 Å². The van der Waals surface area contributed by atoms with Gasteiger partial charge >= 0.3 is 18.2 Å². The van der Waals surface area contributed by atoms with E-state index in [9.17, 15) is 27.6 Å². The molecule has 26 heteroatoms. The fourth-order valence-corrected chi connectivity index (χ4v) is 7.62. The highest BCUT2D eigenvalue weighted by Crippen LogP contribution is 2.30. The lowest BCUT2D eigenvalue weighted by molar-refractivity contribution is -0.192. The van der Waals surface area contributed by atoms with Crippen LogP contribution in [-0.4, -0.2) is 95.4 Å². The number of aromatic amines is 2. The molecule has 4 aromatic carbocycles. The number of carbonyl (C=O) groups is 4. The summed E-state index contributed by atoms with van der Waals surface area (Å²) in [5, 5.41) is 25.5. The summed E-state index contributed by atoms with van der Waals surface area (Å²) < 4.78 is 47.3. The van der Waals surface area contributed by atoms with Crippen molar-refractivity contribution in [3.05, 3.63) is 139 Å². The van der Waals surface area contributed by atoms with Crippen molar-refractivity contribution in [1.29, 1.82) is 0 Å². The molecule has 9 aromatic rings. The highest BCUT2D eigenvalue weighted by Gasteiger charge is 2.38. The summed E-state index contributed by atoms with van der Waals surface area (Å²) in [4.78, 5) is 72.4. The number of hydrogen-bond acceptors (Lipinski definition) is 17. The Kier molecular flexibility index (Phi) is 14.5. The van der Waals surface area contributed by atoms with Gasteiger partial charge in [0.1, 0.15) is 17.0 Å². The number of benzene rings is 4. The Labute approximate surface area is 413 Å². The van der Waals surface area contributed by atoms with E-state index >= 15 is 0 Å². The second-order valence-electron chi connectivity index (χ2n) is 16.1. The molecule has 2 amide bonds. The number of anilines is 6. The molecule has 5 aromatic heterocycles. The van der Waals surface area contributed by atoms with Crippen molar-refractivity contribution >= 4 is 97.1 Å². The van der Waals surface area contributed by atoms with Crippen LogP contribution in [0.5, 0.6) is 0 Å². The van der Waals surface area contributed by atoms with Crippen molar-refractivity contribution in [2.75, 3.05) is 21.3 Å². The molecule has 1 aliphatic heterocycles. The normalized spacial score (nSPS) is 11.6. The van der Waals surface area contributed by atoms with E-state index in [1.807, 2.05) is 81.6 Å². The fraction of sp³-hybridized carbons (Fsp3) is 0.130. The molecule has 0 atom stereocenters. The van der Waals surface area contributed by atoms with Crippen molar-refractivity contribution in [2.24, 2.45) is 4.99 Å². The number of ether oxygens (including phenoxy) is 1. The summed E-state index contributed by atoms with van der Waals surface area (Å²) in [6, 6.07) is 26.3. The van der Waals surface area contributed by atoms with E-state index in [0.717, 1.165) is 40.0 Å². The van der Waals surface area contributed by atoms with E-state index in [1.165, 1.54) is 58.4 Å². The maximum atomic E-state index is 12.4. The molecule has 366 valence electrons. The summed E-state index contributed by atoms with van der Waals surface area (Å²) in [5.41, 5.74) is 7.71. The van der Waals surface area contributed by atoms with Crippen LogP contribution in [0.3, 0.4) is 0 Å². The quantitative estimate of drug-likeness (QED) is 0.0671. The number of nitrogens with zero attached hydrogens (tertiary/aromatic N) is 9. The summed E-state index contributed by atoms with van der Waals surface area (Å²) in [6.45, 7) is 6.17. The number of aromatic nitrogens is 10. The Morgan fingerprint density at radius 1 is 0.708 bits per heavy atom. The van der Waals surface area contributed by atoms with Crippen LogP contribution in [0.1, 0.15) is 52.9 Å². The number of H-pyrrole nitrogens is 2. The number of hydrogen-bond donors (Lipinski definition) is 7. The fourth-order valence-electron chi connectivity index (χ4n) is 6.40. The molecular weight excluding hydrogens is 980 g/mol. The molecule has 0 saturated heterocycles. The zero-order valence-electron chi connectivity index (χ0n) is 37.7. The third-order valence-corrected chi connectivity index (χ3v) is 10.9. The number of nitrogens with one attached hydrogen (secondary N) is 6. The van der Waals surface area contributed by atoms with E-state index in [4.69, 9.17) is 14.6 Å². The minimum atomic E-state index is -5.08. The molecule has 0 bridgehead atoms. The Hall–Kier alpha value is -9.17. The molecule has 0 spiro atoms. The predicted molar refractivity (Wildman–Crippen MR) is 263 cm³/mol. The first-order chi connectivity index (χ1) is 34.4. The maximum absolute atomic E-state index is 12.4. The molecule has 0 fully saturated rings. The van der Waals surface area contributed by atoms with Gasteiger partial charge in [0.15, 0.2) is 11.6 Å². The molecule has 0 aliphatic carbocycles. The Bertz CT molecular complexity index is 3420. The number of halogens is 3. The minimum absolute atomic E-state index is 0.256. The zero-order valence-corrected chi connectivity index (χ0v) is 39.4. The maximum Gasteiger partial charge on any atom is 0.490 e. The SMILES string of the molecule is CC(C)(C)OC(=O)n1ncc2cc(Nc3nc(-c4cccc(NC(=O)c5cnc[nH]5)c4)ns3)ccc21.O=C(Nc1cccc(-c2nsc(Nc3ccc4c(c3)C=NC4)n2)c1)c1cnc[nH]1.O=C(O)C(F)(F)F. The standard InChI is InChI=1S/C24H22N8O3S.C20H15N7OS.C2HF3O2/c1-24(2,3)35-23(34)32-19-8-7-17(10-15(19)11-27-32)29-22-30-20(31-36-22)14-5-4-6-16(9-14)28-21(33)18-12-25-13-26-18;28-19(17-10-22-11-23-17)24-15-3-1-2-12(6-15)18-26-20(29-27-18)25-16-5-4-13-8-21-9-14(13)7-16;3-2(4,5)1(6)7/h4-13H,1-3H3,(H,25,26)(H,28,33)(H,29,30,31);1-7,9-11H,8H2,(H,22,23)(H,24,28)(H,25,26,27);(H,6,7). The van der Waals surface area contributed by atoms with Crippen molar-refractivity contribution in [1.82, 2.24) is 48.4 Å². The molecule has 0 radical (unpaired) electrons. The van der Waals surface area contributed by atoms with Crippen LogP contribution in [-0.2, 0) is 16.1 Å². The first kappa shape index (κ1) is 49.3. The van der Waals surface area contributed by atoms with Gasteiger partial charge in [-0.15, -0.1) is 0 Å². The summed E-state index contributed by atoms with van der Waals surface area (Å²) in [6.07, 6.45) is 3.73. The second kappa shape index (κ2) is 21.2. The molecule has 1 aliphatic rings. The molecule has 0 saturated carbocycles. The smallest absolute Gasteiger partial charge is 0.475 e. The molecule has 10 rings (SSSR count). The number of aliphatic carboxylic acids is 1. The highest BCUT2D eigenvalue weighted by molar-refractivity contribution is 7.10. The third kappa shape index (κ3) is 12.7. The molecule has 21 nitrogen and oxygen atoms in total. The van der Waals surface area contributed by atoms with E-state index in [-0.39, 0.29) is 11.8 Å². The minimum Gasteiger partial charge on any atom is -0.475 e. The van der Waals surface area contributed by atoms with Gasteiger partial charge in [-0.2, -0.15) is 41.7 Å². The monoisotopic (exact) mass is 1020 g/mol. The van der Waals surface area contributed by atoms with Crippen LogP contribution < -0.4 is 21.3 Å². The second-order valence-corrected chi connectivity index (χ2v) is 17.6. The van der Waals surface area contributed by atoms with Crippen molar-refractivity contribution in [3.63, 3.8) is 0 Å². The Balaban J connectivity index is 0.000000173. The summed E-state index contributed by atoms with van der Waals surface area (Å²) >= 11 is 2.49. The number of carboxylic acid groups (broad SMARTS) is 1. The molecular formula is C46H38F3N15O6S2. The largest absolute Gasteiger partial charge is 0.490 e. The molecule has 7 N–H and O–H groups in total. The van der Waals surface area contributed by atoms with Crippen LogP contribution >= 0.6 is 23.1 Å². The van der Waals surface area contributed by atoms with Crippen LogP contribution in [0.4, 0.5) is 51.0 Å². The average Bonchev–Trinajstić information content (AvgIpc) is 4.20. The van der Waals surface area contributed by atoms with Gasteiger partial charge in [-0.3, -0.25) is 14.6 Å². The van der Waals surface area contributed by atoms with Gasteiger partial charge in [0.05, 0.1) is 43.3 Å². The number of carbonyl (C=O) groups excluding carboxylic acids is 3. The predicted octanol–water partition coefficient (Wildman–Crippen LogP) is 9.55. The molecule has 6 heterocycles. The number of imidazole rings is 2. The van der Waals surface area contributed by atoms with Crippen molar-refractivity contribution in [3.8, 4) is 22.8 Å². The number of carboxylic acids is 1. The van der Waals surface area contributed by atoms with Gasteiger partial charge in [-0.05, 0) is 86.5 Å². The lowest BCUT2D eigenvalue weighted by Crippen LogP contribution is -2.27. The van der Waals surface area contributed by atoms with Crippen LogP contribution in [0, 0.1) is 0 Å². The van der Waals surface area contributed by atoms with Crippen molar-refractivity contribution < 1.29 is 42.2 Å².